The maximum absolute atomic E-state index is 10.6. The third-order valence-corrected chi connectivity index (χ3v) is 8.16. The maximum atomic E-state index is 10.6. The molecule has 0 aromatic heterocycles. The van der Waals surface area contributed by atoms with Gasteiger partial charge in [0, 0.05) is 18.6 Å². The molecule has 0 saturated heterocycles. The van der Waals surface area contributed by atoms with Crippen molar-refractivity contribution >= 4 is 10.8 Å². The van der Waals surface area contributed by atoms with E-state index < -0.39 is 12.2 Å². The van der Waals surface area contributed by atoms with Crippen LogP contribution in [0.2, 0.25) is 0 Å². The molecule has 4 atom stereocenters. The first-order valence-electron chi connectivity index (χ1n) is 17.0. The third kappa shape index (κ3) is 13.2. The minimum Gasteiger partial charge on any atom is -0.491 e. The SMILES string of the molecule is CCCCC(CC)COCC(O)COc1ccc2ccc(OCC(O)COCC(CC)CCCC)c(Oc3ccccc3)c2c1. The number of hydrogen-bond acceptors (Lipinski definition) is 7. The van der Waals surface area contributed by atoms with Crippen molar-refractivity contribution in [1.29, 1.82) is 0 Å². The van der Waals surface area contributed by atoms with Crippen molar-refractivity contribution in [3.05, 3.63) is 60.7 Å². The number of ether oxygens (including phenoxy) is 5. The number of rotatable bonds is 24. The molecule has 7 heteroatoms. The molecule has 0 heterocycles. The fourth-order valence-electron chi connectivity index (χ4n) is 5.18. The van der Waals surface area contributed by atoms with Crippen LogP contribution >= 0.6 is 0 Å². The summed E-state index contributed by atoms with van der Waals surface area (Å²) in [5, 5.41) is 22.9. The average molecular weight is 625 g/mol. The molecule has 0 aliphatic heterocycles. The molecule has 0 spiro atoms. The molecule has 0 aliphatic carbocycles. The van der Waals surface area contributed by atoms with Crippen LogP contribution in [0, 0.1) is 11.8 Å². The molecule has 0 aliphatic rings. The van der Waals surface area contributed by atoms with Gasteiger partial charge in [-0.3, -0.25) is 0 Å². The van der Waals surface area contributed by atoms with Gasteiger partial charge >= 0.3 is 0 Å². The Morgan fingerprint density at radius 1 is 0.600 bits per heavy atom. The molecule has 0 bridgehead atoms. The normalized spacial score (nSPS) is 14.2. The predicted molar refractivity (Wildman–Crippen MR) is 182 cm³/mol. The van der Waals surface area contributed by atoms with Crippen molar-refractivity contribution in [2.75, 3.05) is 39.6 Å². The van der Waals surface area contributed by atoms with Gasteiger partial charge in [-0.15, -0.1) is 0 Å². The van der Waals surface area contributed by atoms with Gasteiger partial charge in [0.05, 0.1) is 13.2 Å². The monoisotopic (exact) mass is 624 g/mol. The van der Waals surface area contributed by atoms with Crippen LogP contribution in [-0.2, 0) is 9.47 Å². The lowest BCUT2D eigenvalue weighted by atomic mass is 10.0. The van der Waals surface area contributed by atoms with E-state index >= 15 is 0 Å². The summed E-state index contributed by atoms with van der Waals surface area (Å²) in [6.07, 6.45) is 7.69. The lowest BCUT2D eigenvalue weighted by Gasteiger charge is -2.19. The highest BCUT2D eigenvalue weighted by molar-refractivity contribution is 5.92. The van der Waals surface area contributed by atoms with Gasteiger partial charge in [0.25, 0.3) is 0 Å². The molecule has 3 rings (SSSR count). The number of aliphatic hydroxyl groups is 2. The van der Waals surface area contributed by atoms with Crippen LogP contribution in [0.15, 0.2) is 60.7 Å². The van der Waals surface area contributed by atoms with Crippen molar-refractivity contribution < 1.29 is 33.9 Å². The van der Waals surface area contributed by atoms with Gasteiger partial charge in [-0.05, 0) is 60.4 Å². The average Bonchev–Trinajstić information content (AvgIpc) is 3.06. The third-order valence-electron chi connectivity index (χ3n) is 8.16. The Balaban J connectivity index is 1.65. The minimum atomic E-state index is -0.772. The highest BCUT2D eigenvalue weighted by atomic mass is 16.5. The van der Waals surface area contributed by atoms with E-state index in [9.17, 15) is 10.2 Å². The van der Waals surface area contributed by atoms with Crippen LogP contribution in [0.1, 0.15) is 79.1 Å². The van der Waals surface area contributed by atoms with E-state index in [-0.39, 0.29) is 26.4 Å². The van der Waals surface area contributed by atoms with Crippen molar-refractivity contribution in [2.24, 2.45) is 11.8 Å². The lowest BCUT2D eigenvalue weighted by molar-refractivity contribution is -0.00136. The van der Waals surface area contributed by atoms with E-state index in [2.05, 4.69) is 27.7 Å². The number of hydrogen-bond donors (Lipinski definition) is 2. The smallest absolute Gasteiger partial charge is 0.177 e. The standard InChI is InChI=1S/C38H56O7/c1-5-9-14-29(7-3)23-41-25-32(39)27-43-35-20-18-31-19-21-37(38(36(31)22-35)45-34-16-12-11-13-17-34)44-28-33(40)26-42-24-30(8-4)15-10-6-2/h11-13,16-22,29-30,32-33,39-40H,5-10,14-15,23-28H2,1-4H3. The molecule has 7 nitrogen and oxygen atoms in total. The van der Waals surface area contributed by atoms with E-state index in [0.717, 1.165) is 36.5 Å². The van der Waals surface area contributed by atoms with Gasteiger partial charge < -0.3 is 33.9 Å². The van der Waals surface area contributed by atoms with Gasteiger partial charge in [0.1, 0.15) is 36.9 Å². The van der Waals surface area contributed by atoms with Gasteiger partial charge in [-0.2, -0.15) is 0 Å². The summed E-state index contributed by atoms with van der Waals surface area (Å²) in [5.41, 5.74) is 0. The first-order valence-corrected chi connectivity index (χ1v) is 17.0. The topological polar surface area (TPSA) is 86.6 Å². The Morgan fingerprint density at radius 2 is 1.18 bits per heavy atom. The second-order valence-electron chi connectivity index (χ2n) is 12.0. The number of aliphatic hydroxyl groups excluding tert-OH is 2. The zero-order valence-corrected chi connectivity index (χ0v) is 27.9. The Morgan fingerprint density at radius 3 is 1.76 bits per heavy atom. The quantitative estimate of drug-likeness (QED) is 0.103. The molecule has 3 aromatic rings. The van der Waals surface area contributed by atoms with Crippen LogP contribution in [0.5, 0.6) is 23.0 Å². The van der Waals surface area contributed by atoms with Crippen LogP contribution in [-0.4, -0.2) is 62.1 Å². The molecular weight excluding hydrogens is 568 g/mol. The van der Waals surface area contributed by atoms with Crippen LogP contribution in [0.3, 0.4) is 0 Å². The van der Waals surface area contributed by atoms with Crippen molar-refractivity contribution in [2.45, 2.75) is 91.3 Å². The highest BCUT2D eigenvalue weighted by Crippen LogP contribution is 2.40. The van der Waals surface area contributed by atoms with Crippen LogP contribution in [0.4, 0.5) is 0 Å². The minimum absolute atomic E-state index is 0.0716. The number of benzene rings is 3. The fraction of sp³-hybridized carbons (Fsp3) is 0.579. The fourth-order valence-corrected chi connectivity index (χ4v) is 5.18. The summed E-state index contributed by atoms with van der Waals surface area (Å²) in [5.74, 6) is 3.35. The second-order valence-corrected chi connectivity index (χ2v) is 12.0. The zero-order chi connectivity index (χ0) is 32.3. The van der Waals surface area contributed by atoms with E-state index in [1.807, 2.05) is 60.7 Å². The summed E-state index contributed by atoms with van der Waals surface area (Å²) in [6.45, 7) is 10.7. The first kappa shape index (κ1) is 36.6. The number of fused-ring (bicyclic) bond motifs is 1. The molecule has 2 N–H and O–H groups in total. The van der Waals surface area contributed by atoms with Crippen LogP contribution in [0.25, 0.3) is 10.8 Å². The molecule has 45 heavy (non-hydrogen) atoms. The predicted octanol–water partition coefficient (Wildman–Crippen LogP) is 8.58. The Labute approximate surface area is 270 Å². The lowest BCUT2D eigenvalue weighted by Crippen LogP contribution is -2.25. The molecule has 0 saturated carbocycles. The Kier molecular flexibility index (Phi) is 17.1. The van der Waals surface area contributed by atoms with E-state index in [1.54, 1.807) is 0 Å². The highest BCUT2D eigenvalue weighted by Gasteiger charge is 2.17. The Bertz CT molecular complexity index is 1200. The zero-order valence-electron chi connectivity index (χ0n) is 27.9. The van der Waals surface area contributed by atoms with Gasteiger partial charge in [-0.25, -0.2) is 0 Å². The Hall–Kier alpha value is -2.84. The second kappa shape index (κ2) is 21.0. The van der Waals surface area contributed by atoms with Gasteiger partial charge in [0.15, 0.2) is 11.5 Å². The number of unbranched alkanes of at least 4 members (excludes halogenated alkanes) is 2. The molecule has 0 radical (unpaired) electrons. The van der Waals surface area contributed by atoms with E-state index in [0.29, 0.717) is 48.0 Å². The maximum Gasteiger partial charge on any atom is 0.177 e. The van der Waals surface area contributed by atoms with Crippen molar-refractivity contribution in [3.63, 3.8) is 0 Å². The molecule has 0 amide bonds. The number of para-hydroxylation sites is 1. The molecule has 250 valence electrons. The molecule has 4 unspecified atom stereocenters. The summed E-state index contributed by atoms with van der Waals surface area (Å²) in [4.78, 5) is 0. The van der Waals surface area contributed by atoms with E-state index in [1.165, 1.54) is 25.7 Å². The summed E-state index contributed by atoms with van der Waals surface area (Å²) < 4.78 is 30.1. The van der Waals surface area contributed by atoms with Crippen molar-refractivity contribution in [3.8, 4) is 23.0 Å². The molecular formula is C38H56O7. The van der Waals surface area contributed by atoms with Crippen molar-refractivity contribution in [1.82, 2.24) is 0 Å². The van der Waals surface area contributed by atoms with Crippen LogP contribution < -0.4 is 14.2 Å². The van der Waals surface area contributed by atoms with Gasteiger partial charge in [-0.1, -0.05) is 96.6 Å². The summed E-state index contributed by atoms with van der Waals surface area (Å²) in [6, 6.07) is 19.1. The largest absolute Gasteiger partial charge is 0.491 e. The molecule has 0 fully saturated rings. The van der Waals surface area contributed by atoms with E-state index in [4.69, 9.17) is 23.7 Å². The molecule has 3 aromatic carbocycles. The summed E-state index contributed by atoms with van der Waals surface area (Å²) >= 11 is 0. The first-order chi connectivity index (χ1) is 22.0. The summed E-state index contributed by atoms with van der Waals surface area (Å²) in [7, 11) is 0. The van der Waals surface area contributed by atoms with Gasteiger partial charge in [0.2, 0.25) is 0 Å².